The predicted molar refractivity (Wildman–Crippen MR) is 78.5 cm³/mol. The van der Waals surface area contributed by atoms with Crippen LogP contribution in [0.3, 0.4) is 0 Å². The molecule has 2 fully saturated rings. The van der Waals surface area contributed by atoms with Crippen LogP contribution < -0.4 is 5.73 Å². The highest BCUT2D eigenvalue weighted by molar-refractivity contribution is 4.90. The van der Waals surface area contributed by atoms with Crippen molar-refractivity contribution in [2.24, 2.45) is 23.0 Å². The van der Waals surface area contributed by atoms with Crippen molar-refractivity contribution in [1.29, 1.82) is 0 Å². The summed E-state index contributed by atoms with van der Waals surface area (Å²) in [6.07, 6.45) is 8.12. The highest BCUT2D eigenvalue weighted by Crippen LogP contribution is 2.40. The molecule has 2 nitrogen and oxygen atoms in total. The number of nitrogens with two attached hydrogens (primary N) is 1. The molecular formula is C16H32N2. The molecule has 106 valence electrons. The largest absolute Gasteiger partial charge is 0.327 e. The van der Waals surface area contributed by atoms with Gasteiger partial charge in [-0.25, -0.2) is 0 Å². The third-order valence-electron chi connectivity index (χ3n) is 5.49. The van der Waals surface area contributed by atoms with E-state index in [4.69, 9.17) is 5.73 Å². The average molecular weight is 252 g/mol. The Bertz CT molecular complexity index is 265. The molecule has 2 heteroatoms. The van der Waals surface area contributed by atoms with Crippen molar-refractivity contribution < 1.29 is 0 Å². The molecule has 2 aliphatic carbocycles. The normalized spacial score (nSPS) is 34.7. The molecule has 0 heterocycles. The van der Waals surface area contributed by atoms with Crippen LogP contribution in [-0.4, -0.2) is 30.6 Å². The number of hydrogen-bond acceptors (Lipinski definition) is 2. The lowest BCUT2D eigenvalue weighted by molar-refractivity contribution is 0.0767. The minimum Gasteiger partial charge on any atom is -0.327 e. The van der Waals surface area contributed by atoms with E-state index in [-0.39, 0.29) is 0 Å². The molecular weight excluding hydrogens is 220 g/mol. The summed E-state index contributed by atoms with van der Waals surface area (Å²) in [6, 6.07) is 1.29. The van der Waals surface area contributed by atoms with Crippen LogP contribution in [0.25, 0.3) is 0 Å². The van der Waals surface area contributed by atoms with Crippen LogP contribution in [0.5, 0.6) is 0 Å². The standard InChI is InChI=1S/C16H32N2/c1-16(2,3)13-8-9-15(17)12(10-13)11-18(4)14-6-5-7-14/h12-15H,5-11,17H2,1-4H3. The molecule has 0 aliphatic heterocycles. The molecule has 0 amide bonds. The first-order valence-corrected chi connectivity index (χ1v) is 7.83. The summed E-state index contributed by atoms with van der Waals surface area (Å²) < 4.78 is 0. The molecule has 0 saturated heterocycles. The first-order valence-electron chi connectivity index (χ1n) is 7.83. The van der Waals surface area contributed by atoms with Gasteiger partial charge in [0.2, 0.25) is 0 Å². The summed E-state index contributed by atoms with van der Waals surface area (Å²) in [5.74, 6) is 1.57. The fraction of sp³-hybridized carbons (Fsp3) is 1.00. The zero-order valence-electron chi connectivity index (χ0n) is 12.8. The Hall–Kier alpha value is -0.0800. The molecule has 0 bridgehead atoms. The Morgan fingerprint density at radius 3 is 2.28 bits per heavy atom. The van der Waals surface area contributed by atoms with Gasteiger partial charge in [0.05, 0.1) is 0 Å². The maximum absolute atomic E-state index is 6.37. The summed E-state index contributed by atoms with van der Waals surface area (Å²) >= 11 is 0. The molecule has 0 aromatic carbocycles. The smallest absolute Gasteiger partial charge is 0.00923 e. The zero-order chi connectivity index (χ0) is 13.3. The van der Waals surface area contributed by atoms with Gasteiger partial charge in [0.15, 0.2) is 0 Å². The average Bonchev–Trinajstić information content (AvgIpc) is 2.16. The molecule has 2 aliphatic rings. The second kappa shape index (κ2) is 5.50. The lowest BCUT2D eigenvalue weighted by atomic mass is 9.67. The van der Waals surface area contributed by atoms with Crippen LogP contribution in [0.2, 0.25) is 0 Å². The first-order chi connectivity index (χ1) is 8.38. The van der Waals surface area contributed by atoms with E-state index in [1.54, 1.807) is 0 Å². The summed E-state index contributed by atoms with van der Waals surface area (Å²) in [4.78, 5) is 2.58. The van der Waals surface area contributed by atoms with Gasteiger partial charge in [0, 0.05) is 18.6 Å². The molecule has 2 saturated carbocycles. The van der Waals surface area contributed by atoms with Gasteiger partial charge in [-0.3, -0.25) is 0 Å². The van der Waals surface area contributed by atoms with Crippen molar-refractivity contribution in [2.75, 3.05) is 13.6 Å². The fourth-order valence-corrected chi connectivity index (χ4v) is 3.63. The highest BCUT2D eigenvalue weighted by atomic mass is 15.1. The van der Waals surface area contributed by atoms with E-state index >= 15 is 0 Å². The Morgan fingerprint density at radius 1 is 1.11 bits per heavy atom. The van der Waals surface area contributed by atoms with Crippen LogP contribution in [-0.2, 0) is 0 Å². The van der Waals surface area contributed by atoms with Crippen molar-refractivity contribution in [1.82, 2.24) is 4.90 Å². The Kier molecular flexibility index (Phi) is 4.38. The Morgan fingerprint density at radius 2 is 1.78 bits per heavy atom. The van der Waals surface area contributed by atoms with Crippen LogP contribution in [0.4, 0.5) is 0 Å². The van der Waals surface area contributed by atoms with Crippen LogP contribution in [0.15, 0.2) is 0 Å². The minimum absolute atomic E-state index is 0.436. The van der Waals surface area contributed by atoms with Crippen molar-refractivity contribution in [2.45, 2.75) is 71.4 Å². The van der Waals surface area contributed by atoms with E-state index in [1.807, 2.05) is 0 Å². The number of rotatable bonds is 3. The van der Waals surface area contributed by atoms with Crippen LogP contribution >= 0.6 is 0 Å². The third-order valence-corrected chi connectivity index (χ3v) is 5.49. The maximum Gasteiger partial charge on any atom is 0.00923 e. The van der Waals surface area contributed by atoms with Gasteiger partial charge in [-0.05, 0) is 56.4 Å². The van der Waals surface area contributed by atoms with Crippen molar-refractivity contribution in [3.63, 3.8) is 0 Å². The SMILES string of the molecule is CN(CC1CC(C(C)(C)C)CCC1N)C1CCC1. The second-order valence-electron chi connectivity index (χ2n) is 7.82. The molecule has 2 rings (SSSR count). The van der Waals surface area contributed by atoms with E-state index in [0.717, 1.165) is 12.0 Å². The lowest BCUT2D eigenvalue weighted by Crippen LogP contribution is -2.47. The van der Waals surface area contributed by atoms with Crippen LogP contribution in [0, 0.1) is 17.3 Å². The zero-order valence-corrected chi connectivity index (χ0v) is 12.8. The molecule has 3 unspecified atom stereocenters. The summed E-state index contributed by atoms with van der Waals surface area (Å²) in [7, 11) is 2.30. The van der Waals surface area contributed by atoms with Gasteiger partial charge in [-0.1, -0.05) is 27.2 Å². The van der Waals surface area contributed by atoms with E-state index in [9.17, 15) is 0 Å². The van der Waals surface area contributed by atoms with Gasteiger partial charge in [-0.15, -0.1) is 0 Å². The lowest BCUT2D eigenvalue weighted by Gasteiger charge is -2.44. The molecule has 0 spiro atoms. The Labute approximate surface area is 113 Å². The fourth-order valence-electron chi connectivity index (χ4n) is 3.63. The molecule has 0 aromatic heterocycles. The summed E-state index contributed by atoms with van der Waals surface area (Å²) in [5.41, 5.74) is 6.82. The maximum atomic E-state index is 6.37. The third kappa shape index (κ3) is 3.27. The summed E-state index contributed by atoms with van der Waals surface area (Å²) in [6.45, 7) is 8.39. The molecule has 0 aromatic rings. The molecule has 2 N–H and O–H groups in total. The van der Waals surface area contributed by atoms with Crippen molar-refractivity contribution >= 4 is 0 Å². The molecule has 0 radical (unpaired) electrons. The van der Waals surface area contributed by atoms with Gasteiger partial charge in [0.1, 0.15) is 0 Å². The van der Waals surface area contributed by atoms with Gasteiger partial charge in [0.25, 0.3) is 0 Å². The highest BCUT2D eigenvalue weighted by Gasteiger charge is 2.35. The first kappa shape index (κ1) is 14.3. The number of nitrogens with zero attached hydrogens (tertiary/aromatic N) is 1. The van der Waals surface area contributed by atoms with Crippen LogP contribution in [0.1, 0.15) is 59.3 Å². The van der Waals surface area contributed by atoms with Crippen molar-refractivity contribution in [3.05, 3.63) is 0 Å². The topological polar surface area (TPSA) is 29.3 Å². The van der Waals surface area contributed by atoms with Gasteiger partial charge < -0.3 is 10.6 Å². The minimum atomic E-state index is 0.436. The van der Waals surface area contributed by atoms with Gasteiger partial charge in [-0.2, -0.15) is 0 Å². The second-order valence-corrected chi connectivity index (χ2v) is 7.82. The van der Waals surface area contributed by atoms with E-state index < -0.39 is 0 Å². The number of hydrogen-bond donors (Lipinski definition) is 1. The monoisotopic (exact) mass is 252 g/mol. The predicted octanol–water partition coefficient (Wildman–Crippen LogP) is 3.26. The molecule has 3 atom stereocenters. The molecule has 18 heavy (non-hydrogen) atoms. The summed E-state index contributed by atoms with van der Waals surface area (Å²) in [5, 5.41) is 0. The van der Waals surface area contributed by atoms with Crippen molar-refractivity contribution in [3.8, 4) is 0 Å². The Balaban J connectivity index is 1.88. The quantitative estimate of drug-likeness (QED) is 0.835. The van der Waals surface area contributed by atoms with E-state index in [0.29, 0.717) is 17.4 Å². The van der Waals surface area contributed by atoms with E-state index in [2.05, 4.69) is 32.7 Å². The van der Waals surface area contributed by atoms with E-state index in [1.165, 1.54) is 45.1 Å². The van der Waals surface area contributed by atoms with Gasteiger partial charge >= 0.3 is 0 Å².